The molecule has 2 aliphatic rings. The van der Waals surface area contributed by atoms with Gasteiger partial charge in [0.1, 0.15) is 0 Å². The molecule has 2 aliphatic heterocycles. The number of aromatic nitrogens is 2. The van der Waals surface area contributed by atoms with Crippen LogP contribution in [0, 0.1) is 0 Å². The average Bonchev–Trinajstić information content (AvgIpc) is 3.13. The first kappa shape index (κ1) is 17.7. The Labute approximate surface area is 146 Å². The van der Waals surface area contributed by atoms with E-state index in [1.165, 1.54) is 0 Å². The Morgan fingerprint density at radius 3 is 2.67 bits per heavy atom. The molecule has 6 heteroatoms. The number of amides is 1. The number of imidazole rings is 1. The number of nitrogens with zero attached hydrogens (tertiary/aromatic N) is 3. The van der Waals surface area contributed by atoms with Gasteiger partial charge in [-0.2, -0.15) is 0 Å². The van der Waals surface area contributed by atoms with E-state index < -0.39 is 8.32 Å². The van der Waals surface area contributed by atoms with Crippen molar-refractivity contribution in [2.24, 2.45) is 0 Å². The van der Waals surface area contributed by atoms with Crippen molar-refractivity contribution in [3.8, 4) is 0 Å². The van der Waals surface area contributed by atoms with Gasteiger partial charge in [0.15, 0.2) is 8.32 Å². The Kier molecular flexibility index (Phi) is 4.64. The number of hydrogen-bond donors (Lipinski definition) is 0. The number of piperidine rings is 1. The summed E-state index contributed by atoms with van der Waals surface area (Å²) in [5.74, 6) is 0.284. The van der Waals surface area contributed by atoms with E-state index in [1.54, 1.807) is 6.20 Å². The molecule has 24 heavy (non-hydrogen) atoms. The first-order valence-corrected chi connectivity index (χ1v) is 12.0. The highest BCUT2D eigenvalue weighted by Crippen LogP contribution is 2.40. The predicted molar refractivity (Wildman–Crippen MR) is 97.3 cm³/mol. The SMILES string of the molecule is CC(C)(C)[Si](C)(C)OC[C@@H]1CCC2CC(n3ccnc3)CC(=O)N21. The zero-order chi connectivity index (χ0) is 17.5. The highest BCUT2D eigenvalue weighted by Gasteiger charge is 2.44. The summed E-state index contributed by atoms with van der Waals surface area (Å²) in [6.07, 6.45) is 9.40. The lowest BCUT2D eigenvalue weighted by molar-refractivity contribution is -0.139. The third-order valence-corrected chi connectivity index (χ3v) is 10.8. The maximum absolute atomic E-state index is 12.8. The molecular weight excluding hydrogens is 318 g/mol. The van der Waals surface area contributed by atoms with Crippen LogP contribution in [-0.4, -0.2) is 47.4 Å². The standard InChI is InChI=1S/C18H31N3O2Si/c1-18(2,3)24(4,5)23-12-15-7-6-14-10-16(11-17(22)21(14)15)20-9-8-19-13-20/h8-9,13-16H,6-7,10-12H2,1-5H3/t14?,15-,16?/m0/s1. The highest BCUT2D eigenvalue weighted by molar-refractivity contribution is 6.74. The van der Waals surface area contributed by atoms with Crippen molar-refractivity contribution in [1.82, 2.24) is 14.5 Å². The van der Waals surface area contributed by atoms with Gasteiger partial charge >= 0.3 is 0 Å². The lowest BCUT2D eigenvalue weighted by Crippen LogP contribution is -2.50. The molecule has 1 amide bonds. The van der Waals surface area contributed by atoms with Crippen LogP contribution in [0.4, 0.5) is 0 Å². The molecule has 134 valence electrons. The quantitative estimate of drug-likeness (QED) is 0.780. The lowest BCUT2D eigenvalue weighted by Gasteiger charge is -2.41. The Hall–Kier alpha value is -1.14. The first-order chi connectivity index (χ1) is 11.2. The van der Waals surface area contributed by atoms with Crippen molar-refractivity contribution in [3.05, 3.63) is 18.7 Å². The van der Waals surface area contributed by atoms with Gasteiger partial charge in [0.25, 0.3) is 0 Å². The monoisotopic (exact) mass is 349 g/mol. The van der Waals surface area contributed by atoms with E-state index in [2.05, 4.69) is 48.3 Å². The van der Waals surface area contributed by atoms with Gasteiger partial charge in [-0.15, -0.1) is 0 Å². The topological polar surface area (TPSA) is 47.4 Å². The molecule has 0 saturated carbocycles. The van der Waals surface area contributed by atoms with Crippen molar-refractivity contribution in [3.63, 3.8) is 0 Å². The minimum Gasteiger partial charge on any atom is -0.415 e. The van der Waals surface area contributed by atoms with E-state index >= 15 is 0 Å². The van der Waals surface area contributed by atoms with Crippen LogP contribution >= 0.6 is 0 Å². The average molecular weight is 350 g/mol. The molecule has 0 bridgehead atoms. The summed E-state index contributed by atoms with van der Waals surface area (Å²) >= 11 is 0. The maximum Gasteiger partial charge on any atom is 0.225 e. The minimum absolute atomic E-state index is 0.212. The molecule has 1 aromatic heterocycles. The number of carbonyl (C=O) groups excluding carboxylic acids is 1. The van der Waals surface area contributed by atoms with Crippen LogP contribution < -0.4 is 0 Å². The molecule has 0 aliphatic carbocycles. The van der Waals surface area contributed by atoms with Gasteiger partial charge in [0.05, 0.1) is 19.0 Å². The second kappa shape index (κ2) is 6.30. The molecular formula is C18H31N3O2Si. The zero-order valence-electron chi connectivity index (χ0n) is 15.7. The van der Waals surface area contributed by atoms with Crippen molar-refractivity contribution >= 4 is 14.2 Å². The van der Waals surface area contributed by atoms with E-state index in [0.29, 0.717) is 19.1 Å². The normalized spacial score (nSPS) is 28.3. The van der Waals surface area contributed by atoms with Gasteiger partial charge in [0.2, 0.25) is 5.91 Å². The number of fused-ring (bicyclic) bond motifs is 1. The third-order valence-electron chi connectivity index (χ3n) is 6.25. The van der Waals surface area contributed by atoms with Crippen molar-refractivity contribution in [1.29, 1.82) is 0 Å². The van der Waals surface area contributed by atoms with Crippen molar-refractivity contribution in [2.45, 2.75) is 82.7 Å². The summed E-state index contributed by atoms with van der Waals surface area (Å²) in [6, 6.07) is 0.897. The second-order valence-corrected chi connectivity index (χ2v) is 13.7. The molecule has 2 saturated heterocycles. The summed E-state index contributed by atoms with van der Waals surface area (Å²) in [5, 5.41) is 0.212. The zero-order valence-corrected chi connectivity index (χ0v) is 16.7. The summed E-state index contributed by atoms with van der Waals surface area (Å²) < 4.78 is 8.50. The summed E-state index contributed by atoms with van der Waals surface area (Å²) in [7, 11) is -1.76. The second-order valence-electron chi connectivity index (χ2n) is 8.86. The van der Waals surface area contributed by atoms with Gasteiger partial charge in [-0.05, 0) is 37.4 Å². The molecule has 0 aromatic carbocycles. The molecule has 0 spiro atoms. The number of hydrogen-bond acceptors (Lipinski definition) is 3. The lowest BCUT2D eigenvalue weighted by atomic mass is 9.97. The molecule has 0 N–H and O–H groups in total. The highest BCUT2D eigenvalue weighted by atomic mass is 28.4. The van der Waals surface area contributed by atoms with E-state index in [9.17, 15) is 4.79 Å². The molecule has 2 unspecified atom stereocenters. The molecule has 1 aromatic rings. The summed E-state index contributed by atoms with van der Waals surface area (Å²) in [4.78, 5) is 19.0. The van der Waals surface area contributed by atoms with Crippen LogP contribution in [0.5, 0.6) is 0 Å². The van der Waals surface area contributed by atoms with Gasteiger partial charge < -0.3 is 13.9 Å². The minimum atomic E-state index is -1.76. The van der Waals surface area contributed by atoms with E-state index in [0.717, 1.165) is 19.3 Å². The molecule has 3 atom stereocenters. The Balaban J connectivity index is 1.63. The molecule has 2 fully saturated rings. The van der Waals surface area contributed by atoms with E-state index in [-0.39, 0.29) is 23.0 Å². The van der Waals surface area contributed by atoms with Gasteiger partial charge in [-0.3, -0.25) is 4.79 Å². The van der Waals surface area contributed by atoms with E-state index in [4.69, 9.17) is 4.43 Å². The first-order valence-electron chi connectivity index (χ1n) is 9.11. The number of carbonyl (C=O) groups is 1. The smallest absolute Gasteiger partial charge is 0.225 e. The number of rotatable bonds is 4. The van der Waals surface area contributed by atoms with Crippen molar-refractivity contribution < 1.29 is 9.22 Å². The third kappa shape index (κ3) is 3.31. The Morgan fingerprint density at radius 2 is 2.04 bits per heavy atom. The predicted octanol–water partition coefficient (Wildman–Crippen LogP) is 3.60. The Morgan fingerprint density at radius 1 is 1.29 bits per heavy atom. The van der Waals surface area contributed by atoms with Gasteiger partial charge in [-0.25, -0.2) is 4.98 Å². The molecule has 0 radical (unpaired) electrons. The maximum atomic E-state index is 12.8. The molecule has 3 heterocycles. The fourth-order valence-electron chi connectivity index (χ4n) is 3.70. The van der Waals surface area contributed by atoms with Crippen molar-refractivity contribution in [2.75, 3.05) is 6.61 Å². The molecule has 5 nitrogen and oxygen atoms in total. The van der Waals surface area contributed by atoms with Crippen LogP contribution in [0.2, 0.25) is 18.1 Å². The Bertz CT molecular complexity index is 580. The summed E-state index contributed by atoms with van der Waals surface area (Å²) in [6.45, 7) is 12.1. The van der Waals surface area contributed by atoms with Crippen LogP contribution in [0.15, 0.2) is 18.7 Å². The van der Waals surface area contributed by atoms with Gasteiger partial charge in [-0.1, -0.05) is 20.8 Å². The van der Waals surface area contributed by atoms with Gasteiger partial charge in [0, 0.05) is 30.9 Å². The molecule has 3 rings (SSSR count). The van der Waals surface area contributed by atoms with E-state index in [1.807, 2.05) is 12.5 Å². The van der Waals surface area contributed by atoms with Crippen LogP contribution in [0.1, 0.15) is 52.5 Å². The largest absolute Gasteiger partial charge is 0.415 e. The summed E-state index contributed by atoms with van der Waals surface area (Å²) in [5.41, 5.74) is 0. The fourth-order valence-corrected chi connectivity index (χ4v) is 4.74. The van der Waals surface area contributed by atoms with Crippen LogP contribution in [-0.2, 0) is 9.22 Å². The fraction of sp³-hybridized carbons (Fsp3) is 0.778. The van der Waals surface area contributed by atoms with Crippen LogP contribution in [0.25, 0.3) is 0 Å². The van der Waals surface area contributed by atoms with Crippen LogP contribution in [0.3, 0.4) is 0 Å².